The first kappa shape index (κ1) is 14.9. The Morgan fingerprint density at radius 2 is 1.95 bits per heavy atom. The van der Waals surface area contributed by atoms with Crippen LogP contribution in [0.4, 0.5) is 9.93 Å². The number of carbonyl (C=O) groups is 2. The van der Waals surface area contributed by atoms with Crippen LogP contribution in [0.5, 0.6) is 0 Å². The number of aromatic nitrogens is 2. The van der Waals surface area contributed by atoms with Gasteiger partial charge < -0.3 is 10.4 Å². The smallest absolute Gasteiger partial charge is 0.321 e. The number of aryl methyl sites for hydroxylation is 1. The number of nitrogens with one attached hydrogen (secondary N) is 2. The van der Waals surface area contributed by atoms with E-state index >= 15 is 0 Å². The van der Waals surface area contributed by atoms with Gasteiger partial charge in [-0.15, -0.1) is 10.2 Å². The van der Waals surface area contributed by atoms with Gasteiger partial charge in [-0.05, 0) is 18.1 Å². The molecule has 0 saturated carbocycles. The van der Waals surface area contributed by atoms with E-state index in [2.05, 4.69) is 20.8 Å². The van der Waals surface area contributed by atoms with Crippen molar-refractivity contribution >= 4 is 28.5 Å². The lowest BCUT2D eigenvalue weighted by Gasteiger charge is -2.09. The number of benzene rings is 1. The molecular formula is C13H14N4O3S. The molecule has 0 bridgehead atoms. The van der Waals surface area contributed by atoms with E-state index in [0.717, 1.165) is 10.6 Å². The highest BCUT2D eigenvalue weighted by Crippen LogP contribution is 2.13. The van der Waals surface area contributed by atoms with Gasteiger partial charge in [0.15, 0.2) is 0 Å². The van der Waals surface area contributed by atoms with E-state index in [1.54, 1.807) is 31.2 Å². The van der Waals surface area contributed by atoms with Crippen molar-refractivity contribution in [2.45, 2.75) is 19.9 Å². The van der Waals surface area contributed by atoms with Crippen molar-refractivity contribution in [1.29, 1.82) is 0 Å². The molecule has 1 aromatic carbocycles. The Hall–Kier alpha value is -2.48. The Bertz CT molecular complexity index is 656. The number of carboxylic acids is 1. The lowest BCUT2D eigenvalue weighted by atomic mass is 10.0. The zero-order valence-electron chi connectivity index (χ0n) is 11.3. The highest BCUT2D eigenvalue weighted by Gasteiger charge is 2.09. The third kappa shape index (κ3) is 4.53. The maximum Gasteiger partial charge on any atom is 0.321 e. The molecule has 0 aliphatic carbocycles. The van der Waals surface area contributed by atoms with Crippen molar-refractivity contribution < 1.29 is 14.7 Å². The summed E-state index contributed by atoms with van der Waals surface area (Å²) in [4.78, 5) is 22.5. The fourth-order valence-corrected chi connectivity index (χ4v) is 2.32. The van der Waals surface area contributed by atoms with Crippen LogP contribution < -0.4 is 10.6 Å². The Balaban J connectivity index is 1.93. The van der Waals surface area contributed by atoms with E-state index in [0.29, 0.717) is 10.7 Å². The SMILES string of the molecule is Cc1nnc(NC(=O)NCc2ccccc2CC(=O)O)s1. The quantitative estimate of drug-likeness (QED) is 0.781. The summed E-state index contributed by atoms with van der Waals surface area (Å²) in [5.41, 5.74) is 1.44. The highest BCUT2D eigenvalue weighted by molar-refractivity contribution is 7.15. The number of hydrogen-bond donors (Lipinski definition) is 3. The number of amides is 2. The lowest BCUT2D eigenvalue weighted by molar-refractivity contribution is -0.136. The van der Waals surface area contributed by atoms with Crippen LogP contribution in [0.1, 0.15) is 16.1 Å². The van der Waals surface area contributed by atoms with Crippen LogP contribution in [0, 0.1) is 6.92 Å². The molecule has 110 valence electrons. The number of aliphatic carboxylic acids is 1. The molecule has 0 aliphatic rings. The summed E-state index contributed by atoms with van der Waals surface area (Å²) < 4.78 is 0. The van der Waals surface area contributed by atoms with Gasteiger partial charge in [0.25, 0.3) is 0 Å². The van der Waals surface area contributed by atoms with E-state index in [4.69, 9.17) is 5.11 Å². The maximum atomic E-state index is 11.7. The molecule has 7 nitrogen and oxygen atoms in total. The zero-order valence-corrected chi connectivity index (χ0v) is 12.1. The topological polar surface area (TPSA) is 104 Å². The monoisotopic (exact) mass is 306 g/mol. The molecule has 1 aromatic heterocycles. The number of urea groups is 1. The fourth-order valence-electron chi connectivity index (χ4n) is 1.73. The summed E-state index contributed by atoms with van der Waals surface area (Å²) in [5, 5.41) is 22.9. The molecule has 0 unspecified atom stereocenters. The zero-order chi connectivity index (χ0) is 15.2. The number of carbonyl (C=O) groups excluding carboxylic acids is 1. The Morgan fingerprint density at radius 3 is 2.57 bits per heavy atom. The summed E-state index contributed by atoms with van der Waals surface area (Å²) in [5.74, 6) is -0.906. The summed E-state index contributed by atoms with van der Waals surface area (Å²) in [7, 11) is 0. The third-order valence-electron chi connectivity index (χ3n) is 2.65. The average Bonchev–Trinajstić information content (AvgIpc) is 2.82. The largest absolute Gasteiger partial charge is 0.481 e. The molecular weight excluding hydrogens is 292 g/mol. The van der Waals surface area contributed by atoms with E-state index < -0.39 is 12.0 Å². The molecule has 3 N–H and O–H groups in total. The molecule has 0 spiro atoms. The van der Waals surface area contributed by atoms with Crippen LogP contribution >= 0.6 is 11.3 Å². The summed E-state index contributed by atoms with van der Waals surface area (Å²) in [6.45, 7) is 2.04. The molecule has 0 atom stereocenters. The van der Waals surface area contributed by atoms with Gasteiger partial charge in [-0.25, -0.2) is 4.79 Å². The summed E-state index contributed by atoms with van der Waals surface area (Å²) >= 11 is 1.28. The second kappa shape index (κ2) is 6.80. The number of hydrogen-bond acceptors (Lipinski definition) is 5. The second-order valence-electron chi connectivity index (χ2n) is 4.27. The van der Waals surface area contributed by atoms with Gasteiger partial charge in [0.05, 0.1) is 6.42 Å². The Labute approximate surface area is 125 Å². The van der Waals surface area contributed by atoms with Crippen LogP contribution in [0.3, 0.4) is 0 Å². The van der Waals surface area contributed by atoms with Crippen LogP contribution in [-0.2, 0) is 17.8 Å². The molecule has 8 heteroatoms. The number of anilines is 1. The maximum absolute atomic E-state index is 11.7. The summed E-state index contributed by atoms with van der Waals surface area (Å²) in [6, 6.07) is 6.68. The van der Waals surface area contributed by atoms with Gasteiger partial charge in [-0.1, -0.05) is 35.6 Å². The minimum absolute atomic E-state index is 0.0743. The molecule has 1 heterocycles. The molecule has 0 radical (unpaired) electrons. The molecule has 2 aromatic rings. The van der Waals surface area contributed by atoms with Crippen molar-refractivity contribution in [3.05, 3.63) is 40.4 Å². The van der Waals surface area contributed by atoms with E-state index in [9.17, 15) is 9.59 Å². The molecule has 21 heavy (non-hydrogen) atoms. The molecule has 2 amide bonds. The fraction of sp³-hybridized carbons (Fsp3) is 0.231. The third-order valence-corrected chi connectivity index (χ3v) is 3.40. The van der Waals surface area contributed by atoms with E-state index in [1.807, 2.05) is 0 Å². The number of carboxylic acid groups (broad SMARTS) is 1. The van der Waals surface area contributed by atoms with Gasteiger partial charge in [0, 0.05) is 6.54 Å². The van der Waals surface area contributed by atoms with Crippen LogP contribution in [0.15, 0.2) is 24.3 Å². The van der Waals surface area contributed by atoms with Crippen molar-refractivity contribution in [2.24, 2.45) is 0 Å². The van der Waals surface area contributed by atoms with Gasteiger partial charge in [0.1, 0.15) is 5.01 Å². The van der Waals surface area contributed by atoms with Crippen molar-refractivity contribution in [1.82, 2.24) is 15.5 Å². The normalized spacial score (nSPS) is 10.1. The first-order valence-electron chi connectivity index (χ1n) is 6.18. The van der Waals surface area contributed by atoms with Crippen molar-refractivity contribution in [3.63, 3.8) is 0 Å². The number of nitrogens with zero attached hydrogens (tertiary/aromatic N) is 2. The molecule has 0 aliphatic heterocycles. The van der Waals surface area contributed by atoms with Crippen molar-refractivity contribution in [3.8, 4) is 0 Å². The van der Waals surface area contributed by atoms with Crippen LogP contribution in [0.2, 0.25) is 0 Å². The van der Waals surface area contributed by atoms with Crippen LogP contribution in [0.25, 0.3) is 0 Å². The Kier molecular flexibility index (Phi) is 4.83. The number of rotatable bonds is 5. The minimum Gasteiger partial charge on any atom is -0.481 e. The predicted molar refractivity (Wildman–Crippen MR) is 78.3 cm³/mol. The van der Waals surface area contributed by atoms with Gasteiger partial charge in [0.2, 0.25) is 5.13 Å². The van der Waals surface area contributed by atoms with E-state index in [1.165, 1.54) is 11.3 Å². The molecule has 2 rings (SSSR count). The molecule has 0 fully saturated rings. The highest BCUT2D eigenvalue weighted by atomic mass is 32.1. The summed E-state index contributed by atoms with van der Waals surface area (Å²) in [6.07, 6.45) is -0.0743. The first-order valence-corrected chi connectivity index (χ1v) is 7.00. The van der Waals surface area contributed by atoms with Crippen molar-refractivity contribution in [2.75, 3.05) is 5.32 Å². The van der Waals surface area contributed by atoms with Gasteiger partial charge >= 0.3 is 12.0 Å². The second-order valence-corrected chi connectivity index (χ2v) is 5.45. The van der Waals surface area contributed by atoms with Crippen LogP contribution in [-0.4, -0.2) is 27.3 Å². The van der Waals surface area contributed by atoms with E-state index in [-0.39, 0.29) is 13.0 Å². The standard InChI is InChI=1S/C13H14N4O3S/c1-8-16-17-13(21-8)15-12(20)14-7-10-5-3-2-4-9(10)6-11(18)19/h2-5H,6-7H2,1H3,(H,18,19)(H2,14,15,17,20). The predicted octanol–water partition coefficient (Wildman–Crippen LogP) is 1.80. The van der Waals surface area contributed by atoms with Gasteiger partial charge in [-0.2, -0.15) is 0 Å². The first-order chi connectivity index (χ1) is 10.0. The Morgan fingerprint density at radius 1 is 1.24 bits per heavy atom. The molecule has 0 saturated heterocycles. The minimum atomic E-state index is -0.906. The lowest BCUT2D eigenvalue weighted by Crippen LogP contribution is -2.28. The average molecular weight is 306 g/mol. The van der Waals surface area contributed by atoms with Gasteiger partial charge in [-0.3, -0.25) is 10.1 Å².